The van der Waals surface area contributed by atoms with Crippen molar-refractivity contribution in [1.82, 2.24) is 15.4 Å². The van der Waals surface area contributed by atoms with Gasteiger partial charge in [0.15, 0.2) is 5.43 Å². The van der Waals surface area contributed by atoms with Crippen LogP contribution < -0.4 is 15.8 Å². The lowest BCUT2D eigenvalue weighted by atomic mass is 10.1. The predicted octanol–water partition coefficient (Wildman–Crippen LogP) is 3.67. The Morgan fingerprint density at radius 2 is 1.81 bits per heavy atom. The maximum atomic E-state index is 14.8. The maximum Gasteiger partial charge on any atom is 0.194 e. The lowest BCUT2D eigenvalue weighted by Crippen LogP contribution is -2.44. The van der Waals surface area contributed by atoms with Crippen LogP contribution in [0.3, 0.4) is 0 Å². The molecule has 0 bridgehead atoms. The van der Waals surface area contributed by atoms with Gasteiger partial charge in [-0.15, -0.1) is 0 Å². The number of benzene rings is 2. The van der Waals surface area contributed by atoms with Crippen LogP contribution in [-0.2, 0) is 18.0 Å². The Morgan fingerprint density at radius 1 is 1.10 bits per heavy atom. The fraction of sp³-hybridized carbons (Fsp3) is 0.375. The van der Waals surface area contributed by atoms with E-state index in [0.29, 0.717) is 28.8 Å². The topological polar surface area (TPSA) is 60.6 Å². The lowest BCUT2D eigenvalue weighted by Gasteiger charge is -2.34. The number of fused-ring (bicyclic) bond motifs is 1. The summed E-state index contributed by atoms with van der Waals surface area (Å²) in [5, 5.41) is 0.350. The molecule has 31 heavy (non-hydrogen) atoms. The molecule has 166 valence electrons. The van der Waals surface area contributed by atoms with Gasteiger partial charge in [0.1, 0.15) is 5.82 Å². The van der Waals surface area contributed by atoms with Crippen LogP contribution in [0, 0.1) is 5.82 Å². The average molecular weight is 427 g/mol. The van der Waals surface area contributed by atoms with Gasteiger partial charge in [0.2, 0.25) is 0 Å². The molecule has 7 heteroatoms. The van der Waals surface area contributed by atoms with Crippen LogP contribution in [0.2, 0.25) is 0 Å². The molecule has 1 aromatic heterocycles. The Bertz CT molecular complexity index is 1030. The van der Waals surface area contributed by atoms with Crippen LogP contribution in [-0.4, -0.2) is 43.1 Å². The van der Waals surface area contributed by atoms with E-state index < -0.39 is 0 Å². The molecule has 0 spiro atoms. The first-order chi connectivity index (χ1) is 15.1. The third kappa shape index (κ3) is 5.70. The molecule has 1 aliphatic heterocycles. The first kappa shape index (κ1) is 22.9. The highest BCUT2D eigenvalue weighted by atomic mass is 19.1. The lowest BCUT2D eigenvalue weighted by molar-refractivity contribution is 0.0233. The Labute approximate surface area is 182 Å². The van der Waals surface area contributed by atoms with Gasteiger partial charge in [-0.3, -0.25) is 9.63 Å². The minimum Gasteiger partial charge on any atom is -0.367 e. The number of hydroxylamine groups is 1. The van der Waals surface area contributed by atoms with Crippen molar-refractivity contribution in [2.75, 3.05) is 38.1 Å². The van der Waals surface area contributed by atoms with Crippen molar-refractivity contribution >= 4 is 16.6 Å². The van der Waals surface area contributed by atoms with Crippen molar-refractivity contribution in [1.29, 1.82) is 0 Å². The first-order valence-electron chi connectivity index (χ1n) is 10.8. The van der Waals surface area contributed by atoms with Gasteiger partial charge in [-0.25, -0.2) is 4.39 Å². The second kappa shape index (κ2) is 11.0. The molecule has 0 unspecified atom stereocenters. The van der Waals surface area contributed by atoms with Crippen molar-refractivity contribution in [3.63, 3.8) is 0 Å². The van der Waals surface area contributed by atoms with Crippen LogP contribution in [0.5, 0.6) is 0 Å². The van der Waals surface area contributed by atoms with Crippen LogP contribution in [0.4, 0.5) is 10.1 Å². The van der Waals surface area contributed by atoms with Gasteiger partial charge in [0.25, 0.3) is 0 Å². The maximum absolute atomic E-state index is 14.8. The molecule has 0 aliphatic carbocycles. The Hall–Kier alpha value is -2.74. The molecule has 1 aliphatic rings. The zero-order valence-electron chi connectivity index (χ0n) is 18.5. The highest BCUT2D eigenvalue weighted by Crippen LogP contribution is 2.24. The van der Waals surface area contributed by atoms with Gasteiger partial charge in [-0.2, -0.15) is 5.48 Å². The fourth-order valence-electron chi connectivity index (χ4n) is 3.53. The normalized spacial score (nSPS) is 14.4. The van der Waals surface area contributed by atoms with Crippen molar-refractivity contribution in [2.45, 2.75) is 27.0 Å². The SMILES string of the molecule is CC.CN1CCN(c2cc3[nH]cc(CNOCc4ccccc4)c(=O)c3cc2F)CC1. The van der Waals surface area contributed by atoms with E-state index in [2.05, 4.69) is 22.4 Å². The standard InChI is InChI=1S/C22H25FN4O2.C2H6/c1-26-7-9-27(10-8-26)21-12-20-18(11-19(21)23)22(28)17(13-24-20)14-25-29-15-16-5-3-2-4-6-16;1-2/h2-6,11-13,25H,7-10,14-15H2,1H3,(H,24,28);1-2H3. The number of hydrogen-bond donors (Lipinski definition) is 2. The van der Waals surface area contributed by atoms with Gasteiger partial charge in [-0.1, -0.05) is 44.2 Å². The first-order valence-corrected chi connectivity index (χ1v) is 10.8. The van der Waals surface area contributed by atoms with Crippen molar-refractivity contribution in [2.24, 2.45) is 0 Å². The number of nitrogens with one attached hydrogen (secondary N) is 2. The number of aromatic nitrogens is 1. The number of H-pyrrole nitrogens is 1. The minimum absolute atomic E-state index is 0.196. The summed E-state index contributed by atoms with van der Waals surface area (Å²) in [5.74, 6) is -0.363. The highest BCUT2D eigenvalue weighted by molar-refractivity contribution is 5.83. The van der Waals surface area contributed by atoms with E-state index in [0.717, 1.165) is 31.7 Å². The molecule has 4 rings (SSSR count). The van der Waals surface area contributed by atoms with Crippen LogP contribution in [0.1, 0.15) is 25.0 Å². The summed E-state index contributed by atoms with van der Waals surface area (Å²) in [6.45, 7) is 7.95. The molecule has 0 amide bonds. The van der Waals surface area contributed by atoms with E-state index in [1.807, 2.05) is 49.1 Å². The zero-order chi connectivity index (χ0) is 22.2. The number of hydrogen-bond acceptors (Lipinski definition) is 5. The van der Waals surface area contributed by atoms with Crippen molar-refractivity contribution in [3.05, 3.63) is 75.8 Å². The van der Waals surface area contributed by atoms with Gasteiger partial charge in [0, 0.05) is 43.3 Å². The fourth-order valence-corrected chi connectivity index (χ4v) is 3.53. The average Bonchev–Trinajstić information content (AvgIpc) is 2.81. The summed E-state index contributed by atoms with van der Waals surface area (Å²) in [5.41, 5.74) is 5.32. The molecular weight excluding hydrogens is 395 g/mol. The Balaban J connectivity index is 0.00000132. The monoisotopic (exact) mass is 426 g/mol. The summed E-state index contributed by atoms with van der Waals surface area (Å²) < 4.78 is 14.8. The van der Waals surface area contributed by atoms with Crippen molar-refractivity contribution < 1.29 is 9.23 Å². The summed E-state index contributed by atoms with van der Waals surface area (Å²) in [4.78, 5) is 25.6. The number of likely N-dealkylation sites (N-methyl/N-ethyl adjacent to an activating group) is 1. The number of halogens is 1. The number of rotatable bonds is 6. The number of nitrogens with zero attached hydrogens (tertiary/aromatic N) is 2. The Kier molecular flexibility index (Phi) is 8.17. The van der Waals surface area contributed by atoms with E-state index in [1.165, 1.54) is 6.07 Å². The second-order valence-electron chi connectivity index (χ2n) is 7.38. The van der Waals surface area contributed by atoms with E-state index in [9.17, 15) is 9.18 Å². The van der Waals surface area contributed by atoms with Gasteiger partial charge >= 0.3 is 0 Å². The van der Waals surface area contributed by atoms with Crippen LogP contribution in [0.15, 0.2) is 53.5 Å². The van der Waals surface area contributed by atoms with E-state index in [-0.39, 0.29) is 17.8 Å². The molecule has 1 fully saturated rings. The van der Waals surface area contributed by atoms with Crippen molar-refractivity contribution in [3.8, 4) is 0 Å². The highest BCUT2D eigenvalue weighted by Gasteiger charge is 2.19. The van der Waals surface area contributed by atoms with Gasteiger partial charge < -0.3 is 14.8 Å². The number of piperazine rings is 1. The van der Waals surface area contributed by atoms with E-state index in [1.54, 1.807) is 12.3 Å². The minimum atomic E-state index is -0.363. The van der Waals surface area contributed by atoms with E-state index >= 15 is 0 Å². The Morgan fingerprint density at radius 3 is 2.52 bits per heavy atom. The molecule has 1 saturated heterocycles. The molecular formula is C24H31FN4O2. The molecule has 0 saturated carbocycles. The number of pyridine rings is 1. The number of aromatic amines is 1. The molecule has 0 atom stereocenters. The molecule has 2 heterocycles. The van der Waals surface area contributed by atoms with E-state index in [4.69, 9.17) is 4.84 Å². The third-order valence-electron chi connectivity index (χ3n) is 5.32. The summed E-state index contributed by atoms with van der Waals surface area (Å²) in [6.07, 6.45) is 1.66. The summed E-state index contributed by atoms with van der Waals surface area (Å²) >= 11 is 0. The summed E-state index contributed by atoms with van der Waals surface area (Å²) in [7, 11) is 2.06. The smallest absolute Gasteiger partial charge is 0.194 e. The molecule has 0 radical (unpaired) electrons. The summed E-state index contributed by atoms with van der Waals surface area (Å²) in [6, 6.07) is 12.8. The van der Waals surface area contributed by atoms with Gasteiger partial charge in [-0.05, 0) is 24.7 Å². The van der Waals surface area contributed by atoms with Crippen LogP contribution in [0.25, 0.3) is 10.9 Å². The molecule has 2 N–H and O–H groups in total. The largest absolute Gasteiger partial charge is 0.367 e. The molecule has 6 nitrogen and oxygen atoms in total. The second-order valence-corrected chi connectivity index (χ2v) is 7.38. The van der Waals surface area contributed by atoms with Gasteiger partial charge in [0.05, 0.1) is 24.4 Å². The molecule has 2 aromatic carbocycles. The van der Waals surface area contributed by atoms with Crippen LogP contribution >= 0.6 is 0 Å². The zero-order valence-corrected chi connectivity index (χ0v) is 18.5. The quantitative estimate of drug-likeness (QED) is 0.465. The molecule has 3 aromatic rings. The third-order valence-corrected chi connectivity index (χ3v) is 5.32. The number of anilines is 1. The predicted molar refractivity (Wildman–Crippen MR) is 124 cm³/mol.